The zero-order valence-electron chi connectivity index (χ0n) is 10.9. The summed E-state index contributed by atoms with van der Waals surface area (Å²) in [5.41, 5.74) is 0.205. The third-order valence-corrected chi connectivity index (χ3v) is 5.67. The molecule has 0 spiro atoms. The Labute approximate surface area is 137 Å². The first-order valence-corrected chi connectivity index (χ1v) is 7.80. The molecule has 0 aromatic heterocycles. The molecule has 0 heterocycles. The largest absolute Gasteiger partial charge is 0.511 e. The fourth-order valence-electron chi connectivity index (χ4n) is 2.58. The minimum Gasteiger partial charge on any atom is -0.511 e. The third-order valence-electron chi connectivity index (χ3n) is 3.84. The lowest BCUT2D eigenvalue weighted by molar-refractivity contribution is 0.0961. The normalized spacial score (nSPS) is 23.6. The van der Waals surface area contributed by atoms with Crippen molar-refractivity contribution < 1.29 is 19.8 Å². The number of aliphatic hydroxyl groups is 1. The van der Waals surface area contributed by atoms with Gasteiger partial charge in [-0.25, -0.2) is 0 Å². The van der Waals surface area contributed by atoms with Gasteiger partial charge < -0.3 is 10.2 Å². The summed E-state index contributed by atoms with van der Waals surface area (Å²) < 4.78 is -0.798. The van der Waals surface area contributed by atoms with Gasteiger partial charge in [0.05, 0.1) is 11.1 Å². The summed E-state index contributed by atoms with van der Waals surface area (Å²) in [6.45, 7) is 1.72. The molecule has 0 saturated heterocycles. The van der Waals surface area contributed by atoms with Gasteiger partial charge >= 0.3 is 0 Å². The summed E-state index contributed by atoms with van der Waals surface area (Å²) in [6, 6.07) is 4.35. The van der Waals surface area contributed by atoms with Gasteiger partial charge in [0.2, 0.25) is 5.78 Å². The molecule has 0 aliphatic heterocycles. The molecule has 6 heteroatoms. The SMILES string of the molecule is CC1C(O)=C2C(=O)c3c(O)cccc3C(=O)C2=CC1(Br)Br. The Kier molecular flexibility index (Phi) is 3.15. The topological polar surface area (TPSA) is 74.6 Å². The number of phenolic OH excluding ortho intramolecular Hbond substituents is 1. The summed E-state index contributed by atoms with van der Waals surface area (Å²) in [7, 11) is 0. The molecule has 0 fully saturated rings. The van der Waals surface area contributed by atoms with Crippen LogP contribution in [0.2, 0.25) is 0 Å². The Bertz CT molecular complexity index is 759. The van der Waals surface area contributed by atoms with Gasteiger partial charge in [-0.3, -0.25) is 9.59 Å². The number of hydrogen-bond acceptors (Lipinski definition) is 4. The van der Waals surface area contributed by atoms with E-state index in [2.05, 4.69) is 31.9 Å². The van der Waals surface area contributed by atoms with Crippen LogP contribution in [0.25, 0.3) is 0 Å². The fourth-order valence-corrected chi connectivity index (χ4v) is 3.47. The van der Waals surface area contributed by atoms with Crippen LogP contribution in [0.3, 0.4) is 0 Å². The number of halogens is 2. The minimum absolute atomic E-state index is 0.0315. The Balaban J connectivity index is 2.36. The molecule has 21 heavy (non-hydrogen) atoms. The molecule has 0 bridgehead atoms. The zero-order valence-corrected chi connectivity index (χ0v) is 14.0. The number of allylic oxidation sites excluding steroid dienone is 4. The number of phenols is 1. The predicted octanol–water partition coefficient (Wildman–Crippen LogP) is 3.65. The van der Waals surface area contributed by atoms with E-state index < -0.39 is 20.7 Å². The molecular weight excluding hydrogens is 404 g/mol. The van der Waals surface area contributed by atoms with Crippen LogP contribution in [0.4, 0.5) is 0 Å². The highest BCUT2D eigenvalue weighted by Crippen LogP contribution is 2.48. The average molecular weight is 414 g/mol. The van der Waals surface area contributed by atoms with E-state index >= 15 is 0 Å². The number of carbonyl (C=O) groups excluding carboxylic acids is 2. The van der Waals surface area contributed by atoms with Crippen molar-refractivity contribution in [3.8, 4) is 5.75 Å². The Morgan fingerprint density at radius 2 is 1.81 bits per heavy atom. The number of aliphatic hydroxyl groups excluding tert-OH is 1. The van der Waals surface area contributed by atoms with Crippen LogP contribution in [-0.2, 0) is 0 Å². The van der Waals surface area contributed by atoms with Crippen LogP contribution >= 0.6 is 31.9 Å². The van der Waals surface area contributed by atoms with Gasteiger partial charge in [-0.15, -0.1) is 0 Å². The quantitative estimate of drug-likeness (QED) is 0.636. The standard InChI is InChI=1S/C15H10Br2O4/c1-6-12(19)11-8(5-15(6,16)17)13(20)7-3-2-4-9(18)10(7)14(11)21/h2-6,18-19H,1H3. The summed E-state index contributed by atoms with van der Waals surface area (Å²) in [4.78, 5) is 25.2. The molecule has 2 aliphatic carbocycles. The number of hydrogen-bond donors (Lipinski definition) is 2. The maximum absolute atomic E-state index is 12.6. The van der Waals surface area contributed by atoms with E-state index in [1.165, 1.54) is 18.2 Å². The van der Waals surface area contributed by atoms with Crippen molar-refractivity contribution in [2.45, 2.75) is 10.2 Å². The highest BCUT2D eigenvalue weighted by molar-refractivity contribution is 9.25. The lowest BCUT2D eigenvalue weighted by atomic mass is 9.76. The number of rotatable bonds is 0. The number of aromatic hydroxyl groups is 1. The maximum Gasteiger partial charge on any atom is 0.201 e. The number of alkyl halides is 2. The molecule has 3 rings (SSSR count). The first kappa shape index (κ1) is 14.5. The molecule has 108 valence electrons. The van der Waals surface area contributed by atoms with Crippen LogP contribution in [0.5, 0.6) is 5.75 Å². The number of ketones is 2. The summed E-state index contributed by atoms with van der Waals surface area (Å²) >= 11 is 6.79. The predicted molar refractivity (Wildman–Crippen MR) is 84.3 cm³/mol. The molecule has 2 aliphatic rings. The molecule has 0 amide bonds. The van der Waals surface area contributed by atoms with Gasteiger partial charge in [-0.2, -0.15) is 0 Å². The van der Waals surface area contributed by atoms with E-state index in [1.807, 2.05) is 0 Å². The van der Waals surface area contributed by atoms with Crippen molar-refractivity contribution in [3.63, 3.8) is 0 Å². The number of carbonyl (C=O) groups is 2. The molecule has 1 unspecified atom stereocenters. The first-order valence-electron chi connectivity index (χ1n) is 6.21. The third kappa shape index (κ3) is 1.92. The van der Waals surface area contributed by atoms with Gasteiger partial charge in [-0.1, -0.05) is 50.9 Å². The van der Waals surface area contributed by atoms with Crippen molar-refractivity contribution in [2.75, 3.05) is 0 Å². The highest BCUT2D eigenvalue weighted by atomic mass is 79.9. The molecule has 2 N–H and O–H groups in total. The van der Waals surface area contributed by atoms with Crippen molar-refractivity contribution in [3.05, 3.63) is 52.3 Å². The second-order valence-corrected chi connectivity index (χ2v) is 8.76. The minimum atomic E-state index is -0.798. The zero-order chi connectivity index (χ0) is 15.5. The van der Waals surface area contributed by atoms with Gasteiger partial charge in [0, 0.05) is 17.1 Å². The summed E-state index contributed by atoms with van der Waals surface area (Å²) in [5.74, 6) is -1.80. The smallest absolute Gasteiger partial charge is 0.201 e. The second kappa shape index (κ2) is 4.55. The Morgan fingerprint density at radius 3 is 2.48 bits per heavy atom. The van der Waals surface area contributed by atoms with Crippen LogP contribution in [0.1, 0.15) is 27.6 Å². The lowest BCUT2D eigenvalue weighted by Crippen LogP contribution is -2.34. The van der Waals surface area contributed by atoms with Crippen LogP contribution < -0.4 is 0 Å². The Morgan fingerprint density at radius 1 is 1.14 bits per heavy atom. The van der Waals surface area contributed by atoms with Crippen LogP contribution in [0.15, 0.2) is 41.2 Å². The van der Waals surface area contributed by atoms with E-state index in [-0.39, 0.29) is 33.8 Å². The number of fused-ring (bicyclic) bond motifs is 2. The van der Waals surface area contributed by atoms with Gasteiger partial charge in [0.1, 0.15) is 14.7 Å². The van der Waals surface area contributed by atoms with Crippen molar-refractivity contribution >= 4 is 43.4 Å². The lowest BCUT2D eigenvalue weighted by Gasteiger charge is -2.33. The van der Waals surface area contributed by atoms with Gasteiger partial charge in [0.25, 0.3) is 0 Å². The van der Waals surface area contributed by atoms with E-state index in [4.69, 9.17) is 0 Å². The van der Waals surface area contributed by atoms with E-state index in [0.717, 1.165) is 0 Å². The van der Waals surface area contributed by atoms with Gasteiger partial charge in [-0.05, 0) is 12.1 Å². The van der Waals surface area contributed by atoms with E-state index in [9.17, 15) is 19.8 Å². The monoisotopic (exact) mass is 412 g/mol. The number of benzene rings is 1. The molecular formula is C15H10Br2O4. The van der Waals surface area contributed by atoms with Crippen molar-refractivity contribution in [1.82, 2.24) is 0 Å². The van der Waals surface area contributed by atoms with E-state index in [1.54, 1.807) is 13.0 Å². The fraction of sp³-hybridized carbons (Fsp3) is 0.200. The first-order chi connectivity index (χ1) is 9.75. The summed E-state index contributed by atoms with van der Waals surface area (Å²) in [5, 5.41) is 20.2. The Hall–Kier alpha value is -1.40. The highest BCUT2D eigenvalue weighted by Gasteiger charge is 2.45. The molecule has 1 atom stereocenters. The van der Waals surface area contributed by atoms with Crippen LogP contribution in [0, 0.1) is 5.92 Å². The molecule has 1 aromatic rings. The molecule has 0 radical (unpaired) electrons. The second-order valence-electron chi connectivity index (χ2n) is 5.07. The maximum atomic E-state index is 12.6. The number of Topliss-reactive ketones (excluding diaryl/α,β-unsaturated/α-hetero) is 2. The van der Waals surface area contributed by atoms with Crippen LogP contribution in [-0.4, -0.2) is 25.0 Å². The van der Waals surface area contributed by atoms with Crippen molar-refractivity contribution in [1.29, 1.82) is 0 Å². The molecule has 4 nitrogen and oxygen atoms in total. The average Bonchev–Trinajstić information content (AvgIpc) is 2.41. The van der Waals surface area contributed by atoms with Gasteiger partial charge in [0.15, 0.2) is 5.78 Å². The van der Waals surface area contributed by atoms with Crippen molar-refractivity contribution in [2.24, 2.45) is 5.92 Å². The summed E-state index contributed by atoms with van der Waals surface area (Å²) in [6.07, 6.45) is 1.58. The van der Waals surface area contributed by atoms with E-state index in [0.29, 0.717) is 0 Å². The molecule has 1 aromatic carbocycles. The molecule has 0 saturated carbocycles.